The summed E-state index contributed by atoms with van der Waals surface area (Å²) < 4.78 is 10.3. The third kappa shape index (κ3) is 1.99. The van der Waals surface area contributed by atoms with Gasteiger partial charge >= 0.3 is 0 Å². The third-order valence-corrected chi connectivity index (χ3v) is 3.84. The highest BCUT2D eigenvalue weighted by molar-refractivity contribution is 5.13. The molecule has 0 aromatic carbocycles. The van der Waals surface area contributed by atoms with Gasteiger partial charge < -0.3 is 29.9 Å². The van der Waals surface area contributed by atoms with Crippen molar-refractivity contribution >= 4 is 0 Å². The molecule has 17 heavy (non-hydrogen) atoms. The maximum Gasteiger partial charge on any atom is 0.189 e. The Morgan fingerprint density at radius 2 is 1.76 bits per heavy atom. The molecule has 0 radical (unpaired) electrons. The molecular weight excluding hydrogens is 228 g/mol. The van der Waals surface area contributed by atoms with Crippen molar-refractivity contribution in [1.82, 2.24) is 0 Å². The lowest BCUT2D eigenvalue weighted by Crippen LogP contribution is -2.63. The van der Waals surface area contributed by atoms with Crippen molar-refractivity contribution in [2.45, 2.75) is 63.0 Å². The number of hydrogen-bond acceptors (Lipinski definition) is 6. The summed E-state index contributed by atoms with van der Waals surface area (Å²) in [4.78, 5) is 0. The molecule has 0 saturated carbocycles. The third-order valence-electron chi connectivity index (χ3n) is 3.84. The van der Waals surface area contributed by atoms with Crippen LogP contribution in [0.5, 0.6) is 0 Å². The fraction of sp³-hybridized carbons (Fsp3) is 1.00. The second kappa shape index (κ2) is 4.15. The molecule has 0 aliphatic carbocycles. The van der Waals surface area contributed by atoms with Gasteiger partial charge in [-0.25, -0.2) is 0 Å². The van der Waals surface area contributed by atoms with E-state index in [-0.39, 0.29) is 0 Å². The first-order valence-electron chi connectivity index (χ1n) is 5.53. The molecule has 1 saturated heterocycles. The van der Waals surface area contributed by atoms with Gasteiger partial charge in [0.1, 0.15) is 22.9 Å². The minimum absolute atomic E-state index is 1.08. The Hall–Kier alpha value is -0.240. The van der Waals surface area contributed by atoms with Crippen LogP contribution in [-0.4, -0.2) is 62.8 Å². The number of methoxy groups -OCH3 is 1. The zero-order valence-electron chi connectivity index (χ0n) is 10.8. The molecule has 1 rings (SSSR count). The van der Waals surface area contributed by atoms with Gasteiger partial charge in [0, 0.05) is 7.11 Å². The highest BCUT2D eigenvalue weighted by Crippen LogP contribution is 2.44. The largest absolute Gasteiger partial charge is 0.390 e. The summed E-state index contributed by atoms with van der Waals surface area (Å²) in [7, 11) is 1.33. The van der Waals surface area contributed by atoms with Crippen molar-refractivity contribution < 1.29 is 29.9 Å². The van der Waals surface area contributed by atoms with Gasteiger partial charge in [0.2, 0.25) is 0 Å². The van der Waals surface area contributed by atoms with Crippen LogP contribution in [0.25, 0.3) is 0 Å². The van der Waals surface area contributed by atoms with Crippen LogP contribution >= 0.6 is 0 Å². The topological polar surface area (TPSA) is 99.4 Å². The number of rotatable bonds is 3. The van der Waals surface area contributed by atoms with E-state index in [0.29, 0.717) is 0 Å². The van der Waals surface area contributed by atoms with E-state index in [1.807, 2.05) is 0 Å². The quantitative estimate of drug-likeness (QED) is 0.512. The lowest BCUT2D eigenvalue weighted by Gasteiger charge is -2.41. The van der Waals surface area contributed by atoms with Crippen molar-refractivity contribution in [2.75, 3.05) is 7.11 Å². The SMILES string of the molecule is CO[C@H]1O[C@@H]([C@](C)(O)C(C)O)[C@](C)(O)[C@@]1(C)O. The Labute approximate surface area is 101 Å². The van der Waals surface area contributed by atoms with Gasteiger partial charge in [0.25, 0.3) is 0 Å². The number of ether oxygens (including phenoxy) is 2. The molecule has 0 spiro atoms. The molecule has 1 heterocycles. The van der Waals surface area contributed by atoms with Crippen molar-refractivity contribution in [1.29, 1.82) is 0 Å². The van der Waals surface area contributed by atoms with Crippen LogP contribution in [0.4, 0.5) is 0 Å². The molecular formula is C11H22O6. The molecule has 0 aromatic rings. The first-order chi connectivity index (χ1) is 7.49. The first-order valence-corrected chi connectivity index (χ1v) is 5.53. The summed E-state index contributed by atoms with van der Waals surface area (Å²) in [5.74, 6) is 0. The van der Waals surface area contributed by atoms with Crippen LogP contribution in [-0.2, 0) is 9.47 Å². The van der Waals surface area contributed by atoms with Gasteiger partial charge in [0.05, 0.1) is 6.10 Å². The van der Waals surface area contributed by atoms with E-state index >= 15 is 0 Å². The molecule has 0 amide bonds. The van der Waals surface area contributed by atoms with E-state index in [9.17, 15) is 20.4 Å². The molecule has 1 aliphatic heterocycles. The van der Waals surface area contributed by atoms with Crippen LogP contribution in [0.2, 0.25) is 0 Å². The smallest absolute Gasteiger partial charge is 0.189 e. The van der Waals surface area contributed by atoms with Crippen LogP contribution in [0, 0.1) is 0 Å². The van der Waals surface area contributed by atoms with E-state index in [4.69, 9.17) is 9.47 Å². The minimum atomic E-state index is -1.76. The van der Waals surface area contributed by atoms with Gasteiger partial charge in [-0.2, -0.15) is 0 Å². The Morgan fingerprint density at radius 1 is 1.29 bits per heavy atom. The molecule has 4 N–H and O–H groups in total. The second-order valence-corrected chi connectivity index (χ2v) is 5.28. The van der Waals surface area contributed by atoms with Crippen molar-refractivity contribution in [2.24, 2.45) is 0 Å². The second-order valence-electron chi connectivity index (χ2n) is 5.28. The average molecular weight is 250 g/mol. The number of aliphatic hydroxyl groups is 4. The summed E-state index contributed by atoms with van der Waals surface area (Å²) in [6.45, 7) is 5.42. The maximum atomic E-state index is 10.3. The lowest BCUT2D eigenvalue weighted by atomic mass is 9.76. The Bertz CT molecular complexity index is 284. The summed E-state index contributed by atoms with van der Waals surface area (Å²) in [6.07, 6.45) is -3.38. The summed E-state index contributed by atoms with van der Waals surface area (Å²) in [5, 5.41) is 40.3. The van der Waals surface area contributed by atoms with Crippen LogP contribution in [0.15, 0.2) is 0 Å². The average Bonchev–Trinajstić information content (AvgIpc) is 2.34. The molecule has 1 aliphatic rings. The van der Waals surface area contributed by atoms with Crippen LogP contribution < -0.4 is 0 Å². The maximum absolute atomic E-state index is 10.3. The summed E-state index contributed by atoms with van der Waals surface area (Å²) >= 11 is 0. The molecule has 6 atom stereocenters. The van der Waals surface area contributed by atoms with Crippen LogP contribution in [0.3, 0.4) is 0 Å². The Balaban J connectivity index is 3.13. The predicted molar refractivity (Wildman–Crippen MR) is 59.2 cm³/mol. The fourth-order valence-electron chi connectivity index (χ4n) is 2.10. The van der Waals surface area contributed by atoms with Gasteiger partial charge in [0.15, 0.2) is 6.29 Å². The highest BCUT2D eigenvalue weighted by atomic mass is 16.7. The first kappa shape index (κ1) is 14.8. The van der Waals surface area contributed by atoms with Gasteiger partial charge in [-0.15, -0.1) is 0 Å². The van der Waals surface area contributed by atoms with E-state index in [2.05, 4.69) is 0 Å². The van der Waals surface area contributed by atoms with Gasteiger partial charge in [-0.3, -0.25) is 0 Å². The molecule has 6 heteroatoms. The fourth-order valence-corrected chi connectivity index (χ4v) is 2.10. The normalized spacial score (nSPS) is 47.8. The molecule has 1 fully saturated rings. The van der Waals surface area contributed by atoms with Gasteiger partial charge in [-0.05, 0) is 27.7 Å². The Morgan fingerprint density at radius 3 is 2.06 bits per heavy atom. The summed E-state index contributed by atoms with van der Waals surface area (Å²) in [5.41, 5.74) is -5.15. The predicted octanol–water partition coefficient (Wildman–Crippen LogP) is -1.01. The molecule has 1 unspecified atom stereocenters. The van der Waals surface area contributed by atoms with Crippen molar-refractivity contribution in [3.63, 3.8) is 0 Å². The lowest BCUT2D eigenvalue weighted by molar-refractivity contribution is -0.213. The molecule has 102 valence electrons. The standard InChI is InChI=1S/C11H22O6/c1-6(12)9(2,13)7-10(3,14)11(4,15)8(16-5)17-7/h6-8,12-15H,1-5H3/t6?,7-,8-,9+,10-,11-/m0/s1. The van der Waals surface area contributed by atoms with Crippen LogP contribution in [0.1, 0.15) is 27.7 Å². The van der Waals surface area contributed by atoms with Crippen molar-refractivity contribution in [3.8, 4) is 0 Å². The van der Waals surface area contributed by atoms with E-state index < -0.39 is 35.3 Å². The molecule has 6 nitrogen and oxygen atoms in total. The highest BCUT2D eigenvalue weighted by Gasteiger charge is 2.66. The van der Waals surface area contributed by atoms with E-state index in [1.165, 1.54) is 34.8 Å². The zero-order valence-corrected chi connectivity index (χ0v) is 10.8. The summed E-state index contributed by atoms with van der Waals surface area (Å²) in [6, 6.07) is 0. The number of aliphatic hydroxyl groups excluding tert-OH is 1. The minimum Gasteiger partial charge on any atom is -0.390 e. The molecule has 0 bridgehead atoms. The van der Waals surface area contributed by atoms with Crippen molar-refractivity contribution in [3.05, 3.63) is 0 Å². The van der Waals surface area contributed by atoms with E-state index in [1.54, 1.807) is 0 Å². The zero-order chi connectivity index (χ0) is 13.6. The van der Waals surface area contributed by atoms with Gasteiger partial charge in [-0.1, -0.05) is 0 Å². The monoisotopic (exact) mass is 250 g/mol. The molecule has 0 aromatic heterocycles. The Kier molecular flexibility index (Phi) is 3.62. The van der Waals surface area contributed by atoms with E-state index in [0.717, 1.165) is 0 Å². The number of hydrogen-bond donors (Lipinski definition) is 4.